The summed E-state index contributed by atoms with van der Waals surface area (Å²) in [6.07, 6.45) is 30.0. The molecule has 0 bridgehead atoms. The summed E-state index contributed by atoms with van der Waals surface area (Å²) in [5.74, 6) is -0.875. The molecular weight excluding hydrogens is 647 g/mol. The van der Waals surface area contributed by atoms with E-state index in [0.717, 1.165) is 38.5 Å². The van der Waals surface area contributed by atoms with E-state index in [1.807, 2.05) is 6.07 Å². The molecule has 1 unspecified atom stereocenters. The smallest absolute Gasteiger partial charge is 0.0654 e. The number of hydrogen-bond acceptors (Lipinski definition) is 7. The van der Waals surface area contributed by atoms with Crippen molar-refractivity contribution in [3.63, 3.8) is 0 Å². The van der Waals surface area contributed by atoms with Crippen molar-refractivity contribution in [1.82, 2.24) is 0 Å². The van der Waals surface area contributed by atoms with Gasteiger partial charge in [-0.05, 0) is 0 Å². The molecular formula is C42H77O7P. The van der Waals surface area contributed by atoms with Gasteiger partial charge in [0.15, 0.2) is 0 Å². The van der Waals surface area contributed by atoms with E-state index in [1.54, 1.807) is 24.3 Å². The number of rotatable bonds is 35. The van der Waals surface area contributed by atoms with Crippen LogP contribution >= 0.6 is 7.28 Å². The molecule has 292 valence electrons. The summed E-state index contributed by atoms with van der Waals surface area (Å²) < 4.78 is 11.1. The maximum absolute atomic E-state index is 12.8. The van der Waals surface area contributed by atoms with Crippen molar-refractivity contribution in [2.24, 2.45) is 0 Å². The molecule has 0 aliphatic heterocycles. The zero-order valence-electron chi connectivity index (χ0n) is 32.3. The van der Waals surface area contributed by atoms with Crippen LogP contribution in [0.2, 0.25) is 0 Å². The summed E-state index contributed by atoms with van der Waals surface area (Å²) in [6, 6.07) is 8.73. The standard InChI is InChI=1S/C42H77O7P/c1-3-5-7-9-11-13-15-17-19-21-23-25-30-34-41(43)48-36-40(38-50(45,46,47)37-39-32-28-27-29-33-39)49-42(44)35-31-26-24-22-20-18-16-14-12-10-8-6-4-2/h27-29,32-33,40,45-47H,3-26,30-31,34-38H2,1-2H3. The average Bonchev–Trinajstić information content (AvgIpc) is 3.07. The molecule has 7 nitrogen and oxygen atoms in total. The fraction of sp³-hybridized carbons (Fsp3) is 0.810. The minimum absolute atomic E-state index is 0.206. The first-order valence-corrected chi connectivity index (χ1v) is 23.2. The van der Waals surface area contributed by atoms with Crippen LogP contribution in [0.25, 0.3) is 0 Å². The van der Waals surface area contributed by atoms with Crippen molar-refractivity contribution in [3.05, 3.63) is 35.9 Å². The molecule has 0 saturated carbocycles. The summed E-state index contributed by atoms with van der Waals surface area (Å²) in [4.78, 5) is 58.1. The molecule has 1 aromatic carbocycles. The summed E-state index contributed by atoms with van der Waals surface area (Å²) in [5, 5.41) is 0. The van der Waals surface area contributed by atoms with Crippen LogP contribution in [-0.4, -0.2) is 45.5 Å². The van der Waals surface area contributed by atoms with Gasteiger partial charge in [0.05, 0.1) is 0 Å². The van der Waals surface area contributed by atoms with Gasteiger partial charge in [-0.15, -0.1) is 0 Å². The van der Waals surface area contributed by atoms with Crippen molar-refractivity contribution < 1.29 is 33.7 Å². The molecule has 0 amide bonds. The molecule has 0 saturated heterocycles. The van der Waals surface area contributed by atoms with Gasteiger partial charge in [-0.2, -0.15) is 0 Å². The Morgan fingerprint density at radius 3 is 1.30 bits per heavy atom. The van der Waals surface area contributed by atoms with Gasteiger partial charge < -0.3 is 0 Å². The Morgan fingerprint density at radius 2 is 0.900 bits per heavy atom. The van der Waals surface area contributed by atoms with E-state index in [4.69, 9.17) is 9.47 Å². The Labute approximate surface area is 306 Å². The maximum atomic E-state index is 12.8. The first-order chi connectivity index (χ1) is 24.1. The topological polar surface area (TPSA) is 113 Å². The number of esters is 2. The van der Waals surface area contributed by atoms with Gasteiger partial charge in [-0.3, -0.25) is 0 Å². The van der Waals surface area contributed by atoms with Crippen LogP contribution in [0.3, 0.4) is 0 Å². The number of carbonyl (C=O) groups excluding carboxylic acids is 2. The van der Waals surface area contributed by atoms with Crippen molar-refractivity contribution >= 4 is 19.2 Å². The Morgan fingerprint density at radius 1 is 0.540 bits per heavy atom. The molecule has 0 heterocycles. The molecule has 0 aliphatic rings. The van der Waals surface area contributed by atoms with Crippen molar-refractivity contribution in [2.45, 2.75) is 206 Å². The van der Waals surface area contributed by atoms with Gasteiger partial charge in [0.1, 0.15) is 0 Å². The number of unbranched alkanes of at least 4 members (excludes halogenated alkanes) is 24. The summed E-state index contributed by atoms with van der Waals surface area (Å²) >= 11 is 0. The molecule has 1 aromatic rings. The molecule has 50 heavy (non-hydrogen) atoms. The van der Waals surface area contributed by atoms with E-state index >= 15 is 0 Å². The van der Waals surface area contributed by atoms with Crippen molar-refractivity contribution in [1.29, 1.82) is 0 Å². The van der Waals surface area contributed by atoms with E-state index in [1.165, 1.54) is 122 Å². The van der Waals surface area contributed by atoms with E-state index in [2.05, 4.69) is 13.8 Å². The van der Waals surface area contributed by atoms with Gasteiger partial charge in [-0.1, -0.05) is 97.3 Å². The van der Waals surface area contributed by atoms with Crippen LogP contribution in [0.1, 0.15) is 199 Å². The van der Waals surface area contributed by atoms with E-state index in [-0.39, 0.29) is 25.6 Å². The molecule has 0 aromatic heterocycles. The monoisotopic (exact) mass is 725 g/mol. The second kappa shape index (κ2) is 30.0. The summed E-state index contributed by atoms with van der Waals surface area (Å²) in [7, 11) is -5.23. The second-order valence-corrected chi connectivity index (χ2v) is 18.3. The SMILES string of the molecule is CCCCCCCCCCCCCCCC(=O)OCC(CP(O)(O)(O)Cc1ccccc1)OC(=O)CCCCCCCCCCCCCCC. The Kier molecular flexibility index (Phi) is 27.9. The molecule has 3 N–H and O–H groups in total. The fourth-order valence-electron chi connectivity index (χ4n) is 6.64. The summed E-state index contributed by atoms with van der Waals surface area (Å²) in [5.41, 5.74) is 0.564. The van der Waals surface area contributed by atoms with E-state index < -0.39 is 31.5 Å². The number of hydrogen-bond donors (Lipinski definition) is 3. The van der Waals surface area contributed by atoms with Crippen molar-refractivity contribution in [2.75, 3.05) is 12.8 Å². The molecule has 1 rings (SSSR count). The van der Waals surface area contributed by atoms with Gasteiger partial charge in [-0.25, -0.2) is 0 Å². The Bertz CT molecular complexity index is 946. The number of carbonyl (C=O) groups is 2. The number of ether oxygens (including phenoxy) is 2. The van der Waals surface area contributed by atoms with Crippen LogP contribution in [0.5, 0.6) is 0 Å². The number of benzene rings is 1. The van der Waals surface area contributed by atoms with Crippen LogP contribution in [0.4, 0.5) is 0 Å². The van der Waals surface area contributed by atoms with Gasteiger partial charge in [0.2, 0.25) is 0 Å². The third-order valence-electron chi connectivity index (χ3n) is 9.62. The molecule has 0 spiro atoms. The van der Waals surface area contributed by atoms with Crippen LogP contribution in [0, 0.1) is 0 Å². The van der Waals surface area contributed by atoms with Gasteiger partial charge >= 0.3 is 210 Å². The molecule has 0 radical (unpaired) electrons. The minimum atomic E-state index is -5.23. The molecule has 1 atom stereocenters. The Balaban J connectivity index is 2.37. The zero-order chi connectivity index (χ0) is 36.6. The van der Waals surface area contributed by atoms with Crippen molar-refractivity contribution in [3.8, 4) is 0 Å². The predicted octanol–water partition coefficient (Wildman–Crippen LogP) is 11.9. The molecule has 8 heteroatoms. The average molecular weight is 725 g/mol. The van der Waals surface area contributed by atoms with Gasteiger partial charge in [0, 0.05) is 0 Å². The third kappa shape index (κ3) is 29.1. The summed E-state index contributed by atoms with van der Waals surface area (Å²) in [6.45, 7) is 4.19. The van der Waals surface area contributed by atoms with Crippen LogP contribution in [0.15, 0.2) is 30.3 Å². The van der Waals surface area contributed by atoms with Gasteiger partial charge in [0.25, 0.3) is 0 Å². The van der Waals surface area contributed by atoms with E-state index in [9.17, 15) is 24.3 Å². The first kappa shape index (κ1) is 46.5. The predicted molar refractivity (Wildman–Crippen MR) is 210 cm³/mol. The normalized spacial score (nSPS) is 13.1. The molecule has 0 fully saturated rings. The third-order valence-corrected chi connectivity index (χ3v) is 11.8. The second-order valence-electron chi connectivity index (χ2n) is 14.9. The first-order valence-electron chi connectivity index (χ1n) is 20.8. The Hall–Kier alpha value is -1.53. The van der Waals surface area contributed by atoms with E-state index in [0.29, 0.717) is 12.0 Å². The quantitative estimate of drug-likeness (QED) is 0.0363. The minimum Gasteiger partial charge on any atom is -0.0654 e. The van der Waals surface area contributed by atoms with Crippen LogP contribution in [-0.2, 0) is 25.2 Å². The van der Waals surface area contributed by atoms with Crippen LogP contribution < -0.4 is 0 Å². The fourth-order valence-corrected chi connectivity index (χ4v) is 8.74. The molecule has 0 aliphatic carbocycles. The zero-order valence-corrected chi connectivity index (χ0v) is 33.2.